The molecule has 0 unspecified atom stereocenters. The summed E-state index contributed by atoms with van der Waals surface area (Å²) in [6.07, 6.45) is 2.68. The second-order valence-corrected chi connectivity index (χ2v) is 6.58. The summed E-state index contributed by atoms with van der Waals surface area (Å²) in [7, 11) is 3.70. The fourth-order valence-electron chi connectivity index (χ4n) is 3.37. The molecule has 0 saturated carbocycles. The highest BCUT2D eigenvalue weighted by atomic mass is 35.5. The maximum atomic E-state index is 12.8. The zero-order chi connectivity index (χ0) is 16.4. The van der Waals surface area contributed by atoms with Gasteiger partial charge in [0.1, 0.15) is 5.82 Å². The monoisotopic (exact) mass is 338 g/mol. The van der Waals surface area contributed by atoms with Gasteiger partial charge in [0, 0.05) is 46.0 Å². The van der Waals surface area contributed by atoms with Crippen molar-refractivity contribution in [3.63, 3.8) is 0 Å². The van der Waals surface area contributed by atoms with Crippen molar-refractivity contribution in [3.05, 3.63) is 23.4 Å². The van der Waals surface area contributed by atoms with Gasteiger partial charge >= 0.3 is 0 Å². The van der Waals surface area contributed by atoms with Crippen molar-refractivity contribution < 1.29 is 9.53 Å². The first kappa shape index (κ1) is 16.5. The molecule has 2 aliphatic rings. The quantitative estimate of drug-likeness (QED) is 0.826. The molecule has 23 heavy (non-hydrogen) atoms. The Morgan fingerprint density at radius 3 is 2.70 bits per heavy atom. The number of hydrogen-bond donors (Lipinski definition) is 0. The summed E-state index contributed by atoms with van der Waals surface area (Å²) in [5, 5.41) is 0.658. The number of ether oxygens (including phenoxy) is 1. The van der Waals surface area contributed by atoms with Gasteiger partial charge in [-0.1, -0.05) is 11.6 Å². The minimum absolute atomic E-state index is 0.0649. The number of nitrogens with zero attached hydrogens (tertiary/aromatic N) is 4. The van der Waals surface area contributed by atoms with Crippen LogP contribution in [-0.4, -0.2) is 79.7 Å². The van der Waals surface area contributed by atoms with Crippen molar-refractivity contribution in [2.45, 2.75) is 18.6 Å². The van der Waals surface area contributed by atoms with Crippen LogP contribution in [0.15, 0.2) is 18.3 Å². The zero-order valence-electron chi connectivity index (χ0n) is 13.6. The number of carbonyl (C=O) groups excluding carboxylic acids is 1. The lowest BCUT2D eigenvalue weighted by atomic mass is 10.1. The van der Waals surface area contributed by atoms with E-state index >= 15 is 0 Å². The summed E-state index contributed by atoms with van der Waals surface area (Å²) in [6, 6.07) is 3.61. The maximum absolute atomic E-state index is 12.8. The lowest BCUT2D eigenvalue weighted by molar-refractivity contribution is -0.135. The molecule has 7 heteroatoms. The van der Waals surface area contributed by atoms with E-state index in [0.717, 1.165) is 31.9 Å². The van der Waals surface area contributed by atoms with E-state index in [2.05, 4.69) is 14.8 Å². The van der Waals surface area contributed by atoms with Crippen LogP contribution in [0.3, 0.4) is 0 Å². The largest absolute Gasteiger partial charge is 0.380 e. The summed E-state index contributed by atoms with van der Waals surface area (Å²) < 4.78 is 5.39. The van der Waals surface area contributed by atoms with Crippen molar-refractivity contribution in [1.82, 2.24) is 14.8 Å². The van der Waals surface area contributed by atoms with Crippen LogP contribution in [0, 0.1) is 0 Å². The van der Waals surface area contributed by atoms with Gasteiger partial charge in [-0.25, -0.2) is 4.98 Å². The standard InChI is InChI=1S/C16H23ClN4O2/c1-19-11-12(23-2)10-14(19)16(22)21-8-6-20(7-9-21)15-13(17)4-3-5-18-15/h3-5,12,14H,6-11H2,1-2H3/t12-,14-/m0/s1. The number of methoxy groups -OCH3 is 1. The zero-order valence-corrected chi connectivity index (χ0v) is 14.4. The molecule has 0 radical (unpaired) electrons. The van der Waals surface area contributed by atoms with Crippen LogP contribution < -0.4 is 4.90 Å². The molecule has 126 valence electrons. The Morgan fingerprint density at radius 2 is 2.09 bits per heavy atom. The molecular formula is C16H23ClN4O2. The van der Waals surface area contributed by atoms with Crippen LogP contribution >= 0.6 is 11.6 Å². The topological polar surface area (TPSA) is 48.9 Å². The number of anilines is 1. The number of hydrogen-bond acceptors (Lipinski definition) is 5. The molecule has 0 spiro atoms. The van der Waals surface area contributed by atoms with Gasteiger partial charge in [0.15, 0.2) is 0 Å². The number of pyridine rings is 1. The van der Waals surface area contributed by atoms with Gasteiger partial charge in [0.2, 0.25) is 5.91 Å². The van der Waals surface area contributed by atoms with Crippen LogP contribution in [-0.2, 0) is 9.53 Å². The fraction of sp³-hybridized carbons (Fsp3) is 0.625. The SMILES string of the molecule is CO[C@H]1C[C@@H](C(=O)N2CCN(c3ncccc3Cl)CC2)N(C)C1. The summed E-state index contributed by atoms with van der Waals surface area (Å²) in [5.74, 6) is 1.01. The molecule has 2 fully saturated rings. The highest BCUT2D eigenvalue weighted by Crippen LogP contribution is 2.25. The van der Waals surface area contributed by atoms with E-state index in [1.165, 1.54) is 0 Å². The average Bonchev–Trinajstić information content (AvgIpc) is 2.96. The predicted octanol–water partition coefficient (Wildman–Crippen LogP) is 1.10. The van der Waals surface area contributed by atoms with E-state index < -0.39 is 0 Å². The number of rotatable bonds is 3. The first-order valence-corrected chi connectivity index (χ1v) is 8.35. The molecule has 6 nitrogen and oxygen atoms in total. The van der Waals surface area contributed by atoms with Crippen molar-refractivity contribution in [2.75, 3.05) is 51.8 Å². The third-order valence-electron chi connectivity index (χ3n) is 4.76. The molecule has 3 heterocycles. The summed E-state index contributed by atoms with van der Waals surface area (Å²) in [4.78, 5) is 23.3. The van der Waals surface area contributed by atoms with Gasteiger partial charge in [-0.3, -0.25) is 9.69 Å². The number of amides is 1. The third kappa shape index (κ3) is 3.44. The Hall–Kier alpha value is -1.37. The van der Waals surface area contributed by atoms with Crippen LogP contribution in [0.25, 0.3) is 0 Å². The van der Waals surface area contributed by atoms with Gasteiger partial charge in [0.25, 0.3) is 0 Å². The molecule has 2 aliphatic heterocycles. The molecule has 2 saturated heterocycles. The predicted molar refractivity (Wildman–Crippen MR) is 89.9 cm³/mol. The normalized spacial score (nSPS) is 25.9. The van der Waals surface area contributed by atoms with Crippen LogP contribution in [0.1, 0.15) is 6.42 Å². The van der Waals surface area contributed by atoms with E-state index in [0.29, 0.717) is 18.1 Å². The summed E-state index contributed by atoms with van der Waals surface area (Å²) in [5.41, 5.74) is 0. The van der Waals surface area contributed by atoms with Crippen molar-refractivity contribution in [2.24, 2.45) is 0 Å². The van der Waals surface area contributed by atoms with Gasteiger partial charge < -0.3 is 14.5 Å². The van der Waals surface area contributed by atoms with Crippen LogP contribution in [0.4, 0.5) is 5.82 Å². The molecule has 1 aromatic rings. The lowest BCUT2D eigenvalue weighted by Crippen LogP contribution is -2.53. The number of carbonyl (C=O) groups is 1. The van der Waals surface area contributed by atoms with Crippen molar-refractivity contribution >= 4 is 23.3 Å². The Kier molecular flexibility index (Phi) is 5.04. The third-order valence-corrected chi connectivity index (χ3v) is 5.05. The Labute approximate surface area is 142 Å². The maximum Gasteiger partial charge on any atom is 0.240 e. The number of piperazine rings is 1. The first-order chi connectivity index (χ1) is 11.1. The Balaban J connectivity index is 1.59. The second kappa shape index (κ2) is 7.03. The van der Waals surface area contributed by atoms with Gasteiger partial charge in [0.05, 0.1) is 17.2 Å². The van der Waals surface area contributed by atoms with Gasteiger partial charge in [-0.15, -0.1) is 0 Å². The number of likely N-dealkylation sites (N-methyl/N-ethyl adjacent to an activating group) is 1. The van der Waals surface area contributed by atoms with E-state index in [9.17, 15) is 4.79 Å². The van der Waals surface area contributed by atoms with Gasteiger partial charge in [-0.05, 0) is 25.6 Å². The molecule has 0 N–H and O–H groups in total. The fourth-order valence-corrected chi connectivity index (χ4v) is 3.61. The molecule has 0 bridgehead atoms. The number of aromatic nitrogens is 1. The molecule has 0 aromatic carbocycles. The van der Waals surface area contributed by atoms with E-state index in [-0.39, 0.29) is 18.1 Å². The number of halogens is 1. The molecule has 3 rings (SSSR count). The average molecular weight is 339 g/mol. The minimum atomic E-state index is -0.0649. The first-order valence-electron chi connectivity index (χ1n) is 7.97. The molecule has 1 aromatic heterocycles. The van der Waals surface area contributed by atoms with Crippen LogP contribution in [0.2, 0.25) is 5.02 Å². The summed E-state index contributed by atoms with van der Waals surface area (Å²) >= 11 is 6.21. The van der Waals surface area contributed by atoms with E-state index in [1.807, 2.05) is 24.1 Å². The Morgan fingerprint density at radius 1 is 1.35 bits per heavy atom. The van der Waals surface area contributed by atoms with E-state index in [1.54, 1.807) is 13.3 Å². The molecular weight excluding hydrogens is 316 g/mol. The Bertz CT molecular complexity index is 563. The minimum Gasteiger partial charge on any atom is -0.380 e. The van der Waals surface area contributed by atoms with Crippen molar-refractivity contribution in [1.29, 1.82) is 0 Å². The second-order valence-electron chi connectivity index (χ2n) is 6.17. The molecule has 0 aliphatic carbocycles. The highest BCUT2D eigenvalue weighted by molar-refractivity contribution is 6.32. The highest BCUT2D eigenvalue weighted by Gasteiger charge is 2.37. The van der Waals surface area contributed by atoms with E-state index in [4.69, 9.17) is 16.3 Å². The smallest absolute Gasteiger partial charge is 0.240 e. The summed E-state index contributed by atoms with van der Waals surface area (Å²) in [6.45, 7) is 3.73. The molecule has 1 amide bonds. The molecule has 2 atom stereocenters. The van der Waals surface area contributed by atoms with Gasteiger partial charge in [-0.2, -0.15) is 0 Å². The van der Waals surface area contributed by atoms with Crippen molar-refractivity contribution in [3.8, 4) is 0 Å². The number of likely N-dealkylation sites (tertiary alicyclic amines) is 1. The van der Waals surface area contributed by atoms with Crippen LogP contribution in [0.5, 0.6) is 0 Å². The lowest BCUT2D eigenvalue weighted by Gasteiger charge is -2.37.